The van der Waals surface area contributed by atoms with Crippen LogP contribution in [0, 0.1) is 5.92 Å². The van der Waals surface area contributed by atoms with Gasteiger partial charge in [0.1, 0.15) is 24.0 Å². The average molecular weight is 433 g/mol. The smallest absolute Gasteiger partial charge is 0.247 e. The van der Waals surface area contributed by atoms with Crippen LogP contribution >= 0.6 is 0 Å². The number of rotatable bonds is 6. The number of likely N-dealkylation sites (tertiary alicyclic amines) is 1. The molecule has 1 atom stereocenters. The molecule has 1 aromatic carbocycles. The highest BCUT2D eigenvalue weighted by Gasteiger charge is 2.37. The fraction of sp³-hybridized carbons (Fsp3) is 0.400. The van der Waals surface area contributed by atoms with Crippen LogP contribution < -0.4 is 10.1 Å². The minimum absolute atomic E-state index is 0.104. The molecular formula is C25H28N4O3. The summed E-state index contributed by atoms with van der Waals surface area (Å²) in [6, 6.07) is 12.8. The molecule has 1 unspecified atom stereocenters. The van der Waals surface area contributed by atoms with E-state index in [1.165, 1.54) is 0 Å². The number of hydrogen-bond acceptors (Lipinski definition) is 4. The van der Waals surface area contributed by atoms with Gasteiger partial charge in [-0.25, -0.2) is 4.98 Å². The van der Waals surface area contributed by atoms with E-state index in [1.807, 2.05) is 59.3 Å². The van der Waals surface area contributed by atoms with E-state index in [0.29, 0.717) is 24.6 Å². The molecule has 32 heavy (non-hydrogen) atoms. The summed E-state index contributed by atoms with van der Waals surface area (Å²) in [4.78, 5) is 32.0. The standard InChI is InChI=1S/C25H28N4O3/c30-24(22-8-5-15-29(22)25(31)18-6-1-2-7-18)27-19-10-12-21(13-11-19)32-17-20-16-28-14-4-3-9-23(28)26-20/h3-4,9-14,16,18,22H,1-2,5-8,15,17H2,(H,27,30). The first-order chi connectivity index (χ1) is 15.7. The van der Waals surface area contributed by atoms with Crippen molar-refractivity contribution in [3.63, 3.8) is 0 Å². The van der Waals surface area contributed by atoms with Crippen molar-refractivity contribution in [2.75, 3.05) is 11.9 Å². The lowest BCUT2D eigenvalue weighted by Crippen LogP contribution is -2.45. The molecule has 1 aliphatic carbocycles. The summed E-state index contributed by atoms with van der Waals surface area (Å²) in [6.07, 6.45) is 9.66. The number of amides is 2. The van der Waals surface area contributed by atoms with Gasteiger partial charge in [0, 0.05) is 30.5 Å². The number of hydrogen-bond donors (Lipinski definition) is 1. The normalized spacial score (nSPS) is 18.9. The Labute approximate surface area is 187 Å². The maximum absolute atomic E-state index is 12.9. The van der Waals surface area contributed by atoms with Crippen LogP contribution in [0.4, 0.5) is 5.69 Å². The number of ether oxygens (including phenoxy) is 1. The van der Waals surface area contributed by atoms with Crippen molar-refractivity contribution in [3.05, 3.63) is 60.6 Å². The van der Waals surface area contributed by atoms with Crippen molar-refractivity contribution in [2.24, 2.45) is 5.92 Å². The number of aromatic nitrogens is 2. The molecule has 1 aliphatic heterocycles. The Hall–Kier alpha value is -3.35. The first-order valence-electron chi connectivity index (χ1n) is 11.4. The molecule has 2 aromatic heterocycles. The molecule has 0 spiro atoms. The van der Waals surface area contributed by atoms with Crippen molar-refractivity contribution in [1.82, 2.24) is 14.3 Å². The zero-order valence-corrected chi connectivity index (χ0v) is 18.1. The summed E-state index contributed by atoms with van der Waals surface area (Å²) < 4.78 is 7.80. The molecule has 1 saturated heterocycles. The maximum Gasteiger partial charge on any atom is 0.247 e. The van der Waals surface area contributed by atoms with E-state index in [2.05, 4.69) is 10.3 Å². The second kappa shape index (κ2) is 9.02. The van der Waals surface area contributed by atoms with Gasteiger partial charge in [0.15, 0.2) is 0 Å². The van der Waals surface area contributed by atoms with Gasteiger partial charge in [-0.3, -0.25) is 9.59 Å². The fourth-order valence-electron chi connectivity index (χ4n) is 4.78. The molecule has 1 N–H and O–H groups in total. The number of nitrogens with zero attached hydrogens (tertiary/aromatic N) is 3. The minimum Gasteiger partial charge on any atom is -0.487 e. The van der Waals surface area contributed by atoms with Crippen LogP contribution in [0.5, 0.6) is 5.75 Å². The van der Waals surface area contributed by atoms with Crippen LogP contribution in [0.15, 0.2) is 54.9 Å². The number of fused-ring (bicyclic) bond motifs is 1. The first-order valence-corrected chi connectivity index (χ1v) is 11.4. The molecule has 166 valence electrons. The summed E-state index contributed by atoms with van der Waals surface area (Å²) >= 11 is 0. The lowest BCUT2D eigenvalue weighted by molar-refractivity contribution is -0.140. The zero-order valence-electron chi connectivity index (χ0n) is 18.1. The summed E-state index contributed by atoms with van der Waals surface area (Å²) in [6.45, 7) is 1.05. The van der Waals surface area contributed by atoms with E-state index >= 15 is 0 Å². The Morgan fingerprint density at radius 1 is 1.03 bits per heavy atom. The first kappa shape index (κ1) is 20.5. The Bertz CT molecular complexity index is 1070. The van der Waals surface area contributed by atoms with Crippen LogP contribution in [0.3, 0.4) is 0 Å². The third-order valence-electron chi connectivity index (χ3n) is 6.47. The third-order valence-corrected chi connectivity index (χ3v) is 6.47. The Kier molecular flexibility index (Phi) is 5.79. The molecule has 3 aromatic rings. The molecule has 7 nitrogen and oxygen atoms in total. The van der Waals surface area contributed by atoms with Gasteiger partial charge >= 0.3 is 0 Å². The van der Waals surface area contributed by atoms with Gasteiger partial charge in [-0.1, -0.05) is 18.9 Å². The highest BCUT2D eigenvalue weighted by molar-refractivity contribution is 5.97. The largest absolute Gasteiger partial charge is 0.487 e. The molecule has 5 rings (SSSR count). The van der Waals surface area contributed by atoms with Crippen molar-refractivity contribution < 1.29 is 14.3 Å². The molecule has 2 fully saturated rings. The van der Waals surface area contributed by atoms with Crippen molar-refractivity contribution in [1.29, 1.82) is 0 Å². The van der Waals surface area contributed by atoms with Crippen LogP contribution in [0.25, 0.3) is 5.65 Å². The van der Waals surface area contributed by atoms with Gasteiger partial charge < -0.3 is 19.4 Å². The third kappa shape index (κ3) is 4.33. The van der Waals surface area contributed by atoms with Gasteiger partial charge in [-0.15, -0.1) is 0 Å². The second-order valence-corrected chi connectivity index (χ2v) is 8.67. The van der Waals surface area contributed by atoms with Crippen LogP contribution in [0.2, 0.25) is 0 Å². The van der Waals surface area contributed by atoms with Crippen LogP contribution in [-0.2, 0) is 16.2 Å². The van der Waals surface area contributed by atoms with Gasteiger partial charge in [0.05, 0.1) is 5.69 Å². The van der Waals surface area contributed by atoms with Gasteiger partial charge in [-0.2, -0.15) is 0 Å². The van der Waals surface area contributed by atoms with E-state index in [0.717, 1.165) is 49.9 Å². The predicted octanol–water partition coefficient (Wildman–Crippen LogP) is 4.03. The van der Waals surface area contributed by atoms with Crippen molar-refractivity contribution in [2.45, 2.75) is 51.2 Å². The lowest BCUT2D eigenvalue weighted by atomic mass is 10.1. The summed E-state index contributed by atoms with van der Waals surface area (Å²) in [5.74, 6) is 0.870. The van der Waals surface area contributed by atoms with E-state index in [1.54, 1.807) is 4.90 Å². The van der Waals surface area contributed by atoms with Crippen LogP contribution in [0.1, 0.15) is 44.2 Å². The monoisotopic (exact) mass is 432 g/mol. The number of carbonyl (C=O) groups is 2. The van der Waals surface area contributed by atoms with E-state index in [9.17, 15) is 9.59 Å². The van der Waals surface area contributed by atoms with E-state index in [4.69, 9.17) is 4.74 Å². The number of imidazole rings is 1. The lowest BCUT2D eigenvalue weighted by Gasteiger charge is -2.26. The van der Waals surface area contributed by atoms with Gasteiger partial charge in [-0.05, 0) is 62.1 Å². The summed E-state index contributed by atoms with van der Waals surface area (Å²) in [7, 11) is 0. The molecule has 7 heteroatoms. The summed E-state index contributed by atoms with van der Waals surface area (Å²) in [5.41, 5.74) is 2.44. The van der Waals surface area contributed by atoms with Crippen molar-refractivity contribution >= 4 is 23.1 Å². The highest BCUT2D eigenvalue weighted by atomic mass is 16.5. The van der Waals surface area contributed by atoms with Gasteiger partial charge in [0.2, 0.25) is 11.8 Å². The number of anilines is 1. The number of nitrogens with one attached hydrogen (secondary N) is 1. The molecule has 0 radical (unpaired) electrons. The number of benzene rings is 1. The highest BCUT2D eigenvalue weighted by Crippen LogP contribution is 2.30. The molecule has 2 aliphatic rings. The van der Waals surface area contributed by atoms with E-state index < -0.39 is 0 Å². The molecule has 0 bridgehead atoms. The maximum atomic E-state index is 12.9. The molecule has 1 saturated carbocycles. The molecular weight excluding hydrogens is 404 g/mol. The van der Waals surface area contributed by atoms with Gasteiger partial charge in [0.25, 0.3) is 0 Å². The number of carbonyl (C=O) groups excluding carboxylic acids is 2. The molecule has 2 amide bonds. The Balaban J connectivity index is 1.16. The zero-order chi connectivity index (χ0) is 21.9. The predicted molar refractivity (Wildman–Crippen MR) is 121 cm³/mol. The SMILES string of the molecule is O=C(Nc1ccc(OCc2cn3ccccc3n2)cc1)C1CCCN1C(=O)C1CCCC1. The second-order valence-electron chi connectivity index (χ2n) is 8.67. The van der Waals surface area contributed by atoms with E-state index in [-0.39, 0.29) is 23.8 Å². The topological polar surface area (TPSA) is 75.9 Å². The Morgan fingerprint density at radius 2 is 1.84 bits per heavy atom. The average Bonchev–Trinajstić information content (AvgIpc) is 3.58. The summed E-state index contributed by atoms with van der Waals surface area (Å²) in [5, 5.41) is 2.97. The molecule has 3 heterocycles. The number of pyridine rings is 1. The quantitative estimate of drug-likeness (QED) is 0.638. The Morgan fingerprint density at radius 3 is 2.62 bits per heavy atom. The minimum atomic E-state index is -0.367. The van der Waals surface area contributed by atoms with Crippen molar-refractivity contribution in [3.8, 4) is 5.75 Å². The fourth-order valence-corrected chi connectivity index (χ4v) is 4.78. The van der Waals surface area contributed by atoms with Crippen LogP contribution in [-0.4, -0.2) is 38.7 Å².